The number of fused-ring (bicyclic) bond motifs is 4. The average molecular weight is 412 g/mol. The number of nitrogens with one attached hydrogen (secondary N) is 1. The van der Waals surface area contributed by atoms with E-state index in [2.05, 4.69) is 53.8 Å². The molecule has 0 saturated heterocycles. The lowest BCUT2D eigenvalue weighted by atomic mass is 9.99. The number of rotatable bonds is 2. The molecule has 6 rings (SSSR count). The molecule has 0 aliphatic carbocycles. The molecule has 1 amide bonds. The molecule has 0 saturated carbocycles. The van der Waals surface area contributed by atoms with Crippen LogP contribution in [0.1, 0.15) is 10.4 Å². The second kappa shape index (κ2) is 7.10. The van der Waals surface area contributed by atoms with E-state index in [-0.39, 0.29) is 5.91 Å². The van der Waals surface area contributed by atoms with Crippen LogP contribution in [0, 0.1) is 0 Å². The molecular formula is C29H20N2O. The fraction of sp³-hybridized carbons (Fsp3) is 0. The molecule has 0 heterocycles. The summed E-state index contributed by atoms with van der Waals surface area (Å²) in [6.07, 6.45) is 0. The highest BCUT2D eigenvalue weighted by Gasteiger charge is 2.14. The summed E-state index contributed by atoms with van der Waals surface area (Å²) in [6.45, 7) is 0. The molecule has 6 aromatic rings. The average Bonchev–Trinajstić information content (AvgIpc) is 2.83. The largest absolute Gasteiger partial charge is 0.397 e. The van der Waals surface area contributed by atoms with Crippen molar-refractivity contribution < 1.29 is 4.79 Å². The molecule has 3 nitrogen and oxygen atoms in total. The molecule has 3 N–H and O–H groups in total. The van der Waals surface area contributed by atoms with Crippen molar-refractivity contribution in [2.45, 2.75) is 0 Å². The summed E-state index contributed by atoms with van der Waals surface area (Å²) in [7, 11) is 0. The second-order valence-corrected chi connectivity index (χ2v) is 8.13. The van der Waals surface area contributed by atoms with Crippen LogP contribution in [-0.2, 0) is 0 Å². The van der Waals surface area contributed by atoms with E-state index in [0.29, 0.717) is 16.9 Å². The van der Waals surface area contributed by atoms with E-state index in [1.165, 1.54) is 5.39 Å². The molecule has 152 valence electrons. The Morgan fingerprint density at radius 1 is 0.562 bits per heavy atom. The topological polar surface area (TPSA) is 55.1 Å². The minimum absolute atomic E-state index is 0.169. The Bertz CT molecular complexity index is 1680. The number of anilines is 2. The van der Waals surface area contributed by atoms with Gasteiger partial charge in [-0.15, -0.1) is 0 Å². The highest BCUT2D eigenvalue weighted by molar-refractivity contribution is 6.17. The third kappa shape index (κ3) is 2.95. The van der Waals surface area contributed by atoms with Gasteiger partial charge in [0.05, 0.1) is 11.4 Å². The summed E-state index contributed by atoms with van der Waals surface area (Å²) >= 11 is 0. The van der Waals surface area contributed by atoms with Gasteiger partial charge in [0, 0.05) is 10.9 Å². The summed E-state index contributed by atoms with van der Waals surface area (Å²) in [4.78, 5) is 13.3. The normalized spacial score (nSPS) is 11.4. The smallest absolute Gasteiger partial charge is 0.256 e. The summed E-state index contributed by atoms with van der Waals surface area (Å²) in [5, 5.41) is 11.5. The predicted molar refractivity (Wildman–Crippen MR) is 135 cm³/mol. The van der Waals surface area contributed by atoms with E-state index >= 15 is 0 Å². The minimum atomic E-state index is -0.169. The van der Waals surface area contributed by atoms with Crippen LogP contribution in [0.3, 0.4) is 0 Å². The maximum absolute atomic E-state index is 13.3. The van der Waals surface area contributed by atoms with Gasteiger partial charge in [-0.2, -0.15) is 0 Å². The van der Waals surface area contributed by atoms with Crippen molar-refractivity contribution in [1.29, 1.82) is 0 Å². The highest BCUT2D eigenvalue weighted by Crippen LogP contribution is 2.33. The molecule has 0 aliphatic rings. The van der Waals surface area contributed by atoms with Gasteiger partial charge >= 0.3 is 0 Å². The zero-order chi connectivity index (χ0) is 21.7. The van der Waals surface area contributed by atoms with Crippen molar-refractivity contribution in [3.8, 4) is 0 Å². The molecule has 0 unspecified atom stereocenters. The number of carbonyl (C=O) groups excluding carboxylic acids is 1. The van der Waals surface area contributed by atoms with Crippen LogP contribution in [0.4, 0.5) is 11.4 Å². The zero-order valence-electron chi connectivity index (χ0n) is 17.3. The maximum Gasteiger partial charge on any atom is 0.256 e. The van der Waals surface area contributed by atoms with E-state index in [0.717, 1.165) is 37.7 Å². The summed E-state index contributed by atoms with van der Waals surface area (Å²) in [5.41, 5.74) is 8.34. The molecule has 32 heavy (non-hydrogen) atoms. The molecule has 0 atom stereocenters. The molecule has 0 bridgehead atoms. The Kier molecular flexibility index (Phi) is 4.08. The number of amides is 1. The summed E-state index contributed by atoms with van der Waals surface area (Å²) in [5.74, 6) is -0.169. The van der Waals surface area contributed by atoms with Crippen LogP contribution in [-0.4, -0.2) is 5.91 Å². The Morgan fingerprint density at radius 2 is 1.09 bits per heavy atom. The number of carbonyl (C=O) groups is 1. The fourth-order valence-electron chi connectivity index (χ4n) is 4.50. The van der Waals surface area contributed by atoms with Gasteiger partial charge in [0.25, 0.3) is 5.91 Å². The Balaban J connectivity index is 1.44. The first kappa shape index (κ1) is 18.4. The van der Waals surface area contributed by atoms with Gasteiger partial charge in [0.15, 0.2) is 0 Å². The van der Waals surface area contributed by atoms with Gasteiger partial charge in [-0.3, -0.25) is 4.79 Å². The van der Waals surface area contributed by atoms with Gasteiger partial charge in [-0.05, 0) is 74.1 Å². The van der Waals surface area contributed by atoms with Crippen molar-refractivity contribution >= 4 is 60.4 Å². The van der Waals surface area contributed by atoms with Crippen LogP contribution in [0.15, 0.2) is 103 Å². The van der Waals surface area contributed by atoms with Crippen LogP contribution >= 0.6 is 0 Å². The lowest BCUT2D eigenvalue weighted by molar-refractivity contribution is 0.102. The van der Waals surface area contributed by atoms with Crippen LogP contribution < -0.4 is 11.1 Å². The summed E-state index contributed by atoms with van der Waals surface area (Å²) < 4.78 is 0. The maximum atomic E-state index is 13.3. The Hall–Kier alpha value is -4.37. The van der Waals surface area contributed by atoms with Crippen molar-refractivity contribution in [3.05, 3.63) is 109 Å². The van der Waals surface area contributed by atoms with Crippen LogP contribution in [0.2, 0.25) is 0 Å². The number of nitrogens with two attached hydrogens (primary N) is 1. The molecule has 0 radical (unpaired) electrons. The van der Waals surface area contributed by atoms with Gasteiger partial charge in [0.2, 0.25) is 0 Å². The first-order valence-corrected chi connectivity index (χ1v) is 10.6. The van der Waals surface area contributed by atoms with Gasteiger partial charge in [-0.1, -0.05) is 66.7 Å². The lowest BCUT2D eigenvalue weighted by Crippen LogP contribution is -2.13. The lowest BCUT2D eigenvalue weighted by Gasteiger charge is -2.13. The number of benzene rings is 6. The van der Waals surface area contributed by atoms with Crippen LogP contribution in [0.5, 0.6) is 0 Å². The number of hydrogen-bond acceptors (Lipinski definition) is 2. The zero-order valence-corrected chi connectivity index (χ0v) is 17.3. The van der Waals surface area contributed by atoms with E-state index in [1.54, 1.807) is 0 Å². The predicted octanol–water partition coefficient (Wildman–Crippen LogP) is 7.13. The standard InChI is InChI=1S/C29H20N2O/c30-28-26-17-21-9-4-2-7-19(21)15-23(26)12-13-27(28)31-29(32)24-11-5-10-22-14-18-6-1-3-8-20(18)16-25(22)24/h1-17H,30H2,(H,31,32). The summed E-state index contributed by atoms with van der Waals surface area (Å²) in [6, 6.07) is 34.5. The molecular weight excluding hydrogens is 392 g/mol. The third-order valence-corrected chi connectivity index (χ3v) is 6.17. The molecule has 0 aliphatic heterocycles. The number of nitrogen functional groups attached to an aromatic ring is 1. The minimum Gasteiger partial charge on any atom is -0.397 e. The van der Waals surface area contributed by atoms with E-state index < -0.39 is 0 Å². The Morgan fingerprint density at radius 3 is 1.75 bits per heavy atom. The van der Waals surface area contributed by atoms with Gasteiger partial charge in [-0.25, -0.2) is 0 Å². The quantitative estimate of drug-likeness (QED) is 0.235. The van der Waals surface area contributed by atoms with E-state index in [4.69, 9.17) is 5.73 Å². The highest BCUT2D eigenvalue weighted by atomic mass is 16.1. The second-order valence-electron chi connectivity index (χ2n) is 8.13. The van der Waals surface area contributed by atoms with Crippen molar-refractivity contribution in [2.75, 3.05) is 11.1 Å². The first-order chi connectivity index (χ1) is 15.7. The molecule has 3 heteroatoms. The third-order valence-electron chi connectivity index (χ3n) is 6.17. The Labute approximate surface area is 185 Å². The number of hydrogen-bond donors (Lipinski definition) is 2. The van der Waals surface area contributed by atoms with E-state index in [1.807, 2.05) is 54.6 Å². The first-order valence-electron chi connectivity index (χ1n) is 10.6. The SMILES string of the molecule is Nc1c(NC(=O)c2cccc3cc4ccccc4cc23)ccc2cc3ccccc3cc12. The van der Waals surface area contributed by atoms with Crippen molar-refractivity contribution in [2.24, 2.45) is 0 Å². The molecule has 0 aromatic heterocycles. The molecule has 0 spiro atoms. The van der Waals surface area contributed by atoms with E-state index in [9.17, 15) is 4.79 Å². The van der Waals surface area contributed by atoms with Crippen molar-refractivity contribution in [3.63, 3.8) is 0 Å². The monoisotopic (exact) mass is 412 g/mol. The van der Waals surface area contributed by atoms with Gasteiger partial charge < -0.3 is 11.1 Å². The molecule has 6 aromatic carbocycles. The van der Waals surface area contributed by atoms with Crippen LogP contribution in [0.25, 0.3) is 43.1 Å². The molecule has 0 fully saturated rings. The van der Waals surface area contributed by atoms with Gasteiger partial charge in [0.1, 0.15) is 0 Å². The van der Waals surface area contributed by atoms with Crippen molar-refractivity contribution in [1.82, 2.24) is 0 Å². The fourth-order valence-corrected chi connectivity index (χ4v) is 4.50.